The van der Waals surface area contributed by atoms with Crippen molar-refractivity contribution in [1.29, 1.82) is 0 Å². The number of halogens is 3. The summed E-state index contributed by atoms with van der Waals surface area (Å²) in [5, 5.41) is 4.30. The van der Waals surface area contributed by atoms with Gasteiger partial charge in [-0.2, -0.15) is 13.2 Å². The first-order valence-corrected chi connectivity index (χ1v) is 16.0. The molecule has 2 amide bonds. The first-order valence-electron chi connectivity index (χ1n) is 16.0. The van der Waals surface area contributed by atoms with Crippen LogP contribution in [0.25, 0.3) is 0 Å². The maximum atomic E-state index is 13.3. The summed E-state index contributed by atoms with van der Waals surface area (Å²) in [4.78, 5) is 37.1. The van der Waals surface area contributed by atoms with Crippen molar-refractivity contribution in [3.63, 3.8) is 0 Å². The number of carbonyl (C=O) groups excluding carboxylic acids is 2. The molecule has 8 nitrogen and oxygen atoms in total. The maximum Gasteiger partial charge on any atom is 0.416 e. The number of carbonyl (C=O) groups is 2. The molecule has 0 unspecified atom stereocenters. The van der Waals surface area contributed by atoms with Crippen LogP contribution in [0.5, 0.6) is 0 Å². The lowest BCUT2D eigenvalue weighted by Gasteiger charge is -2.37. The Hall–Kier alpha value is -4.38. The number of hydrogen-bond acceptors (Lipinski definition) is 6. The van der Waals surface area contributed by atoms with Crippen LogP contribution in [0.4, 0.5) is 18.0 Å². The molecule has 0 bridgehead atoms. The highest BCUT2D eigenvalue weighted by atomic mass is 19.4. The van der Waals surface area contributed by atoms with Gasteiger partial charge in [0.15, 0.2) is 0 Å². The Balaban J connectivity index is 0.981. The Morgan fingerprint density at radius 2 is 1.49 bits per heavy atom. The molecule has 0 aromatic heterocycles. The predicted octanol–water partition coefficient (Wildman–Crippen LogP) is 6.60. The molecule has 3 aromatic rings. The van der Waals surface area contributed by atoms with Gasteiger partial charge in [-0.15, -0.1) is 0 Å². The van der Waals surface area contributed by atoms with E-state index in [1.807, 2.05) is 59.5 Å². The Morgan fingerprint density at radius 1 is 0.872 bits per heavy atom. The fourth-order valence-corrected chi connectivity index (χ4v) is 6.83. The van der Waals surface area contributed by atoms with Gasteiger partial charge in [0.25, 0.3) is 5.91 Å². The molecule has 0 saturated carbocycles. The number of alkyl halides is 3. The fraction of sp³-hybridized carbons (Fsp3) is 0.417. The summed E-state index contributed by atoms with van der Waals surface area (Å²) in [5.74, 6) is 0.195. The number of amides is 2. The molecule has 3 aliphatic heterocycles. The van der Waals surface area contributed by atoms with Crippen molar-refractivity contribution >= 4 is 17.7 Å². The van der Waals surface area contributed by atoms with Gasteiger partial charge in [-0.25, -0.2) is 4.79 Å². The lowest BCUT2D eigenvalue weighted by Crippen LogP contribution is -2.46. The van der Waals surface area contributed by atoms with E-state index in [1.165, 1.54) is 12.1 Å². The number of likely N-dealkylation sites (tertiary alicyclic amines) is 2. The zero-order valence-corrected chi connectivity index (χ0v) is 26.4. The molecule has 0 atom stereocenters. The van der Waals surface area contributed by atoms with Crippen molar-refractivity contribution in [2.75, 3.05) is 39.8 Å². The third kappa shape index (κ3) is 7.62. The largest absolute Gasteiger partial charge is 0.441 e. The molecule has 1 spiro atoms. The molecule has 0 N–H and O–H groups in total. The molecule has 3 aromatic carbocycles. The summed E-state index contributed by atoms with van der Waals surface area (Å²) < 4.78 is 44.5. The Bertz CT molecular complexity index is 1560. The van der Waals surface area contributed by atoms with Crippen LogP contribution in [0, 0.1) is 5.92 Å². The highest BCUT2D eigenvalue weighted by molar-refractivity contribution is 6.02. The molecule has 3 saturated heterocycles. The van der Waals surface area contributed by atoms with Crippen LogP contribution in [0.15, 0.2) is 84.0 Å². The van der Waals surface area contributed by atoms with E-state index in [2.05, 4.69) is 10.1 Å². The number of rotatable bonds is 8. The Labute approximate surface area is 272 Å². The summed E-state index contributed by atoms with van der Waals surface area (Å²) >= 11 is 0. The van der Waals surface area contributed by atoms with E-state index in [1.54, 1.807) is 12.0 Å². The second kappa shape index (κ2) is 13.8. The molecule has 3 heterocycles. The van der Waals surface area contributed by atoms with Gasteiger partial charge in [0, 0.05) is 63.6 Å². The highest BCUT2D eigenvalue weighted by Crippen LogP contribution is 2.35. The van der Waals surface area contributed by atoms with Gasteiger partial charge in [-0.1, -0.05) is 59.8 Å². The standard InChI is InChI=1S/C36H39F3N4O4/c1-46-40-32(28-5-3-2-4-6-28)29-15-19-42(20-16-29)33(44)30-11-7-27(8-12-30)24-43-25-35(47-34(43)45)17-21-41(22-18-35)23-26-9-13-31(14-10-26)36(37,38)39/h2-14,29H,15-25H2,1H3. The number of benzene rings is 3. The molecule has 0 radical (unpaired) electrons. The summed E-state index contributed by atoms with van der Waals surface area (Å²) in [6, 6.07) is 22.7. The maximum absolute atomic E-state index is 13.3. The first kappa shape index (κ1) is 32.6. The lowest BCUT2D eigenvalue weighted by molar-refractivity contribution is -0.137. The molecule has 6 rings (SSSR count). The van der Waals surface area contributed by atoms with Crippen molar-refractivity contribution in [3.05, 3.63) is 107 Å². The third-order valence-electron chi connectivity index (χ3n) is 9.50. The smallest absolute Gasteiger partial charge is 0.416 e. The minimum atomic E-state index is -4.35. The summed E-state index contributed by atoms with van der Waals surface area (Å²) in [5.41, 5.74) is 3.07. The molecule has 47 heavy (non-hydrogen) atoms. The molecular weight excluding hydrogens is 609 g/mol. The highest BCUT2D eigenvalue weighted by Gasteiger charge is 2.46. The normalized spacial score (nSPS) is 19.2. The van der Waals surface area contributed by atoms with Crippen molar-refractivity contribution in [2.24, 2.45) is 11.1 Å². The van der Waals surface area contributed by atoms with E-state index in [9.17, 15) is 22.8 Å². The van der Waals surface area contributed by atoms with Crippen molar-refractivity contribution in [2.45, 2.75) is 50.6 Å². The SMILES string of the molecule is CON=C(c1ccccc1)C1CCN(C(=O)c2ccc(CN3CC4(CCN(Cc5ccc(C(F)(F)F)cc5)CC4)OC3=O)cc2)CC1. The van der Waals surface area contributed by atoms with Crippen LogP contribution in [0.2, 0.25) is 0 Å². The van der Waals surface area contributed by atoms with E-state index in [0.29, 0.717) is 64.2 Å². The van der Waals surface area contributed by atoms with E-state index in [4.69, 9.17) is 9.57 Å². The third-order valence-corrected chi connectivity index (χ3v) is 9.50. The lowest BCUT2D eigenvalue weighted by atomic mass is 9.88. The van der Waals surface area contributed by atoms with Gasteiger partial charge in [0.1, 0.15) is 12.7 Å². The van der Waals surface area contributed by atoms with Crippen LogP contribution in [-0.2, 0) is 28.8 Å². The minimum absolute atomic E-state index is 0.0115. The monoisotopic (exact) mass is 648 g/mol. The van der Waals surface area contributed by atoms with Crippen LogP contribution in [-0.4, -0.2) is 77.8 Å². The fourth-order valence-electron chi connectivity index (χ4n) is 6.83. The Kier molecular flexibility index (Phi) is 9.54. The Morgan fingerprint density at radius 3 is 2.11 bits per heavy atom. The number of oxime groups is 1. The quantitative estimate of drug-likeness (QED) is 0.204. The van der Waals surface area contributed by atoms with Crippen molar-refractivity contribution < 1.29 is 32.3 Å². The number of nitrogens with zero attached hydrogens (tertiary/aromatic N) is 4. The zero-order chi connectivity index (χ0) is 33.0. The molecule has 248 valence electrons. The topological polar surface area (TPSA) is 74.7 Å². The molecular formula is C36H39F3N4O4. The zero-order valence-electron chi connectivity index (χ0n) is 26.4. The van der Waals surface area contributed by atoms with Crippen LogP contribution >= 0.6 is 0 Å². The van der Waals surface area contributed by atoms with Gasteiger partial charge in [-0.3, -0.25) is 14.6 Å². The summed E-state index contributed by atoms with van der Waals surface area (Å²) in [6.45, 7) is 4.04. The second-order valence-corrected chi connectivity index (χ2v) is 12.7. The predicted molar refractivity (Wildman–Crippen MR) is 171 cm³/mol. The second-order valence-electron chi connectivity index (χ2n) is 12.7. The average Bonchev–Trinajstić information content (AvgIpc) is 3.38. The van der Waals surface area contributed by atoms with Crippen LogP contribution < -0.4 is 0 Å². The summed E-state index contributed by atoms with van der Waals surface area (Å²) in [7, 11) is 1.55. The van der Waals surface area contributed by atoms with Gasteiger partial charge >= 0.3 is 12.3 Å². The van der Waals surface area contributed by atoms with Gasteiger partial charge < -0.3 is 14.5 Å². The van der Waals surface area contributed by atoms with Crippen molar-refractivity contribution in [1.82, 2.24) is 14.7 Å². The van der Waals surface area contributed by atoms with E-state index in [-0.39, 0.29) is 17.9 Å². The summed E-state index contributed by atoms with van der Waals surface area (Å²) in [6.07, 6.45) is -1.79. The van der Waals surface area contributed by atoms with E-state index < -0.39 is 17.3 Å². The molecule has 3 fully saturated rings. The molecule has 0 aliphatic carbocycles. The van der Waals surface area contributed by atoms with Crippen LogP contribution in [0.1, 0.15) is 58.3 Å². The number of hydrogen-bond donors (Lipinski definition) is 0. The minimum Gasteiger partial charge on any atom is -0.441 e. The molecule has 11 heteroatoms. The number of piperidine rings is 2. The van der Waals surface area contributed by atoms with Crippen molar-refractivity contribution in [3.8, 4) is 0 Å². The average molecular weight is 649 g/mol. The molecule has 3 aliphatic rings. The van der Waals surface area contributed by atoms with E-state index >= 15 is 0 Å². The van der Waals surface area contributed by atoms with E-state index in [0.717, 1.165) is 47.4 Å². The van der Waals surface area contributed by atoms with Gasteiger partial charge in [-0.05, 0) is 53.8 Å². The van der Waals surface area contributed by atoms with Crippen LogP contribution in [0.3, 0.4) is 0 Å². The van der Waals surface area contributed by atoms with Gasteiger partial charge in [0.05, 0.1) is 17.8 Å². The first-order chi connectivity index (χ1) is 22.6. The number of ether oxygens (including phenoxy) is 1. The van der Waals surface area contributed by atoms with Gasteiger partial charge in [0.2, 0.25) is 0 Å².